The van der Waals surface area contributed by atoms with Gasteiger partial charge < -0.3 is 20.1 Å². The summed E-state index contributed by atoms with van der Waals surface area (Å²) in [7, 11) is 0. The highest BCUT2D eigenvalue weighted by atomic mass is 16.5. The van der Waals surface area contributed by atoms with E-state index in [9.17, 15) is 9.90 Å². The van der Waals surface area contributed by atoms with Gasteiger partial charge in [-0.05, 0) is 42.3 Å². The van der Waals surface area contributed by atoms with Gasteiger partial charge in [-0.1, -0.05) is 78.9 Å². The molecule has 0 atom stereocenters. The Kier molecular flexibility index (Phi) is 7.62. The van der Waals surface area contributed by atoms with Crippen molar-refractivity contribution in [3.63, 3.8) is 0 Å². The van der Waals surface area contributed by atoms with Crippen LogP contribution in [0.1, 0.15) is 39.5 Å². The van der Waals surface area contributed by atoms with E-state index < -0.39 is 5.97 Å². The molecular formula is C32H29N3O3. The molecule has 0 saturated heterocycles. The van der Waals surface area contributed by atoms with Crippen molar-refractivity contribution in [1.29, 1.82) is 0 Å². The van der Waals surface area contributed by atoms with E-state index in [2.05, 4.69) is 34.6 Å². The van der Waals surface area contributed by atoms with Gasteiger partial charge in [0.15, 0.2) is 5.88 Å². The summed E-state index contributed by atoms with van der Waals surface area (Å²) >= 11 is 0. The fraction of sp³-hybridized carbons (Fsp3) is 0.125. The van der Waals surface area contributed by atoms with Crippen molar-refractivity contribution in [1.82, 2.24) is 10.3 Å². The predicted molar refractivity (Wildman–Crippen MR) is 151 cm³/mol. The van der Waals surface area contributed by atoms with Crippen LogP contribution >= 0.6 is 0 Å². The SMILES string of the molecule is CCOC(=O)c1ccc2c(C(=Nc3ccc(CNCc4ccccc4)cc3)c3ccccc3)c(O)[nH]c2c1. The molecule has 0 aliphatic heterocycles. The lowest BCUT2D eigenvalue weighted by Gasteiger charge is -2.09. The minimum Gasteiger partial charge on any atom is -0.494 e. The maximum absolute atomic E-state index is 12.2. The molecule has 0 unspecified atom stereocenters. The zero-order valence-corrected chi connectivity index (χ0v) is 21.1. The van der Waals surface area contributed by atoms with Crippen molar-refractivity contribution < 1.29 is 14.6 Å². The average Bonchev–Trinajstić information content (AvgIpc) is 3.28. The van der Waals surface area contributed by atoms with Crippen molar-refractivity contribution >= 4 is 28.3 Å². The van der Waals surface area contributed by atoms with Crippen LogP contribution in [0.2, 0.25) is 0 Å². The van der Waals surface area contributed by atoms with Crippen molar-refractivity contribution in [2.45, 2.75) is 20.0 Å². The molecule has 0 amide bonds. The highest BCUT2D eigenvalue weighted by molar-refractivity contribution is 6.22. The number of nitrogens with one attached hydrogen (secondary N) is 2. The molecule has 1 heterocycles. The first-order valence-corrected chi connectivity index (χ1v) is 12.6. The van der Waals surface area contributed by atoms with Crippen molar-refractivity contribution in [2.75, 3.05) is 6.61 Å². The molecule has 0 spiro atoms. The zero-order chi connectivity index (χ0) is 26.3. The largest absolute Gasteiger partial charge is 0.494 e. The number of fused-ring (bicyclic) bond motifs is 1. The van der Waals surface area contributed by atoms with E-state index >= 15 is 0 Å². The van der Waals surface area contributed by atoms with Gasteiger partial charge in [0.05, 0.1) is 29.1 Å². The van der Waals surface area contributed by atoms with Gasteiger partial charge in [0.25, 0.3) is 0 Å². The summed E-state index contributed by atoms with van der Waals surface area (Å²) in [4.78, 5) is 20.2. The number of hydrogen-bond donors (Lipinski definition) is 3. The number of carbonyl (C=O) groups is 1. The van der Waals surface area contributed by atoms with Crippen LogP contribution in [0, 0.1) is 0 Å². The number of rotatable bonds is 9. The Morgan fingerprint density at radius 3 is 2.18 bits per heavy atom. The molecule has 4 aromatic carbocycles. The Bertz CT molecular complexity index is 1560. The fourth-order valence-corrected chi connectivity index (χ4v) is 4.39. The molecular weight excluding hydrogens is 474 g/mol. The highest BCUT2D eigenvalue weighted by Gasteiger charge is 2.20. The number of aromatic amines is 1. The molecule has 0 fully saturated rings. The number of ether oxygens (including phenoxy) is 1. The van der Waals surface area contributed by atoms with Gasteiger partial charge in [0, 0.05) is 29.6 Å². The number of aromatic nitrogens is 1. The molecule has 0 bridgehead atoms. The summed E-state index contributed by atoms with van der Waals surface area (Å²) < 4.78 is 5.12. The first-order valence-electron chi connectivity index (χ1n) is 12.6. The van der Waals surface area contributed by atoms with Gasteiger partial charge in [-0.2, -0.15) is 0 Å². The van der Waals surface area contributed by atoms with E-state index in [-0.39, 0.29) is 5.88 Å². The highest BCUT2D eigenvalue weighted by Crippen LogP contribution is 2.32. The molecule has 0 saturated carbocycles. The standard InChI is InChI=1S/C32H29N3O3/c1-2-38-32(37)25-15-18-27-28(19-25)35-31(36)29(27)30(24-11-7-4-8-12-24)34-26-16-13-23(14-17-26)21-33-20-22-9-5-3-6-10-22/h3-19,33,35-36H,2,20-21H2,1H3. The normalized spacial score (nSPS) is 11.6. The molecule has 5 rings (SSSR count). The maximum Gasteiger partial charge on any atom is 0.338 e. The topological polar surface area (TPSA) is 86.7 Å². The lowest BCUT2D eigenvalue weighted by molar-refractivity contribution is 0.0526. The number of benzene rings is 4. The Labute approximate surface area is 221 Å². The predicted octanol–water partition coefficient (Wildman–Crippen LogP) is 6.51. The summed E-state index contributed by atoms with van der Waals surface area (Å²) in [6, 6.07) is 33.3. The van der Waals surface area contributed by atoms with E-state index in [1.54, 1.807) is 19.1 Å². The smallest absolute Gasteiger partial charge is 0.338 e. The summed E-state index contributed by atoms with van der Waals surface area (Å²) in [6.45, 7) is 3.61. The van der Waals surface area contributed by atoms with Crippen LogP contribution in [-0.4, -0.2) is 28.4 Å². The second-order valence-electron chi connectivity index (χ2n) is 8.91. The molecule has 6 nitrogen and oxygen atoms in total. The molecule has 1 aromatic heterocycles. The fourth-order valence-electron chi connectivity index (χ4n) is 4.39. The number of hydrogen-bond acceptors (Lipinski definition) is 5. The summed E-state index contributed by atoms with van der Waals surface area (Å²) in [5.74, 6) is -0.411. The van der Waals surface area contributed by atoms with Crippen LogP contribution in [0.4, 0.5) is 5.69 Å². The number of aromatic hydroxyl groups is 1. The third kappa shape index (κ3) is 5.66. The van der Waals surface area contributed by atoms with E-state index in [4.69, 9.17) is 9.73 Å². The number of carbonyl (C=O) groups excluding carboxylic acids is 1. The second-order valence-corrected chi connectivity index (χ2v) is 8.91. The molecule has 38 heavy (non-hydrogen) atoms. The molecule has 0 radical (unpaired) electrons. The lowest BCUT2D eigenvalue weighted by Crippen LogP contribution is -2.12. The van der Waals surface area contributed by atoms with Gasteiger partial charge in [-0.3, -0.25) is 0 Å². The Hall–Kier alpha value is -4.68. The zero-order valence-electron chi connectivity index (χ0n) is 21.1. The maximum atomic E-state index is 12.2. The number of esters is 1. The third-order valence-corrected chi connectivity index (χ3v) is 6.25. The second kappa shape index (κ2) is 11.6. The van der Waals surface area contributed by atoms with E-state index in [1.165, 1.54) is 5.56 Å². The van der Waals surface area contributed by atoms with E-state index in [0.29, 0.717) is 29.0 Å². The monoisotopic (exact) mass is 503 g/mol. The van der Waals surface area contributed by atoms with Gasteiger partial charge >= 0.3 is 5.97 Å². The van der Waals surface area contributed by atoms with Crippen LogP contribution in [0.3, 0.4) is 0 Å². The molecule has 6 heteroatoms. The molecule has 3 N–H and O–H groups in total. The minimum absolute atomic E-state index is 0.00894. The number of nitrogens with zero attached hydrogens (tertiary/aromatic N) is 1. The molecule has 0 aliphatic rings. The van der Waals surface area contributed by atoms with Crippen LogP contribution in [-0.2, 0) is 17.8 Å². The summed E-state index contributed by atoms with van der Waals surface area (Å²) in [5, 5.41) is 15.2. The van der Waals surface area contributed by atoms with E-state index in [0.717, 1.165) is 35.3 Å². The summed E-state index contributed by atoms with van der Waals surface area (Å²) in [5.41, 5.74) is 6.30. The van der Waals surface area contributed by atoms with Crippen LogP contribution in [0.5, 0.6) is 5.88 Å². The lowest BCUT2D eigenvalue weighted by atomic mass is 10.00. The Balaban J connectivity index is 1.45. The number of aliphatic imine (C=N–C) groups is 1. The van der Waals surface area contributed by atoms with Crippen molar-refractivity contribution in [3.05, 3.63) is 131 Å². The summed E-state index contributed by atoms with van der Waals surface area (Å²) in [6.07, 6.45) is 0. The average molecular weight is 504 g/mol. The van der Waals surface area contributed by atoms with Gasteiger partial charge in [0.2, 0.25) is 0 Å². The van der Waals surface area contributed by atoms with Crippen LogP contribution in [0.15, 0.2) is 108 Å². The Morgan fingerprint density at radius 2 is 1.50 bits per heavy atom. The first-order chi connectivity index (χ1) is 18.6. The molecule has 190 valence electrons. The quantitative estimate of drug-likeness (QED) is 0.158. The Morgan fingerprint density at radius 1 is 0.842 bits per heavy atom. The van der Waals surface area contributed by atoms with Gasteiger partial charge in [-0.15, -0.1) is 0 Å². The van der Waals surface area contributed by atoms with Crippen LogP contribution in [0.25, 0.3) is 10.9 Å². The van der Waals surface area contributed by atoms with Gasteiger partial charge in [0.1, 0.15) is 0 Å². The number of H-pyrrole nitrogens is 1. The van der Waals surface area contributed by atoms with Crippen molar-refractivity contribution in [2.24, 2.45) is 4.99 Å². The van der Waals surface area contributed by atoms with Crippen molar-refractivity contribution in [3.8, 4) is 5.88 Å². The third-order valence-electron chi connectivity index (χ3n) is 6.25. The van der Waals surface area contributed by atoms with Gasteiger partial charge in [-0.25, -0.2) is 9.79 Å². The first kappa shape index (κ1) is 25.0. The van der Waals surface area contributed by atoms with E-state index in [1.807, 2.05) is 66.7 Å². The molecule has 5 aromatic rings. The molecule has 0 aliphatic carbocycles. The van der Waals surface area contributed by atoms with Crippen LogP contribution < -0.4 is 5.32 Å². The minimum atomic E-state index is -0.402.